The number of hydrogen-bond donors (Lipinski definition) is 0. The van der Waals surface area contributed by atoms with E-state index in [0.29, 0.717) is 46.8 Å². The third kappa shape index (κ3) is 4.86. The van der Waals surface area contributed by atoms with Gasteiger partial charge in [-0.05, 0) is 41.5 Å². The second-order valence-electron chi connectivity index (χ2n) is 5.69. The smallest absolute Gasteiger partial charge is 0.331 e. The van der Waals surface area contributed by atoms with E-state index in [1.54, 1.807) is 50.6 Å². The van der Waals surface area contributed by atoms with Crippen LogP contribution in [0.25, 0.3) is 6.08 Å². The van der Waals surface area contributed by atoms with E-state index in [0.717, 1.165) is 5.56 Å². The van der Waals surface area contributed by atoms with Gasteiger partial charge in [0.05, 0.1) is 19.2 Å². The summed E-state index contributed by atoms with van der Waals surface area (Å²) in [6, 6.07) is 8.77. The van der Waals surface area contributed by atoms with Gasteiger partial charge in [-0.15, -0.1) is 0 Å². The number of halogens is 1. The average molecular weight is 391 g/mol. The van der Waals surface area contributed by atoms with Crippen molar-refractivity contribution in [1.82, 2.24) is 0 Å². The van der Waals surface area contributed by atoms with Gasteiger partial charge < -0.3 is 23.7 Å². The molecule has 142 valence electrons. The SMILES string of the molecule is COc1cc(C=CC(=O)OCc2cc(Cl)c3c(c2)OCCO3)cc(OC)c1. The molecule has 1 aliphatic rings. The third-order valence-electron chi connectivity index (χ3n) is 3.82. The average Bonchev–Trinajstić information content (AvgIpc) is 2.70. The minimum absolute atomic E-state index is 0.0704. The number of carbonyl (C=O) groups excluding carboxylic acids is 1. The Balaban J connectivity index is 1.63. The Morgan fingerprint density at radius 3 is 2.48 bits per heavy atom. The maximum absolute atomic E-state index is 12.0. The molecule has 2 aromatic rings. The van der Waals surface area contributed by atoms with Crippen molar-refractivity contribution in [2.75, 3.05) is 27.4 Å². The van der Waals surface area contributed by atoms with Crippen LogP contribution in [0, 0.1) is 0 Å². The standard InChI is InChI=1S/C20H19ClO6/c1-23-15-7-13(8-16(11-15)24-2)3-4-19(22)27-12-14-9-17(21)20-18(10-14)25-5-6-26-20/h3-4,7-11H,5-6,12H2,1-2H3. The van der Waals surface area contributed by atoms with Crippen LogP contribution < -0.4 is 18.9 Å². The number of ether oxygens (including phenoxy) is 5. The number of esters is 1. The lowest BCUT2D eigenvalue weighted by Crippen LogP contribution is -2.16. The van der Waals surface area contributed by atoms with Gasteiger partial charge in [0.25, 0.3) is 0 Å². The van der Waals surface area contributed by atoms with Gasteiger partial charge in [-0.3, -0.25) is 0 Å². The molecule has 0 aromatic heterocycles. The van der Waals surface area contributed by atoms with Gasteiger partial charge in [0.15, 0.2) is 11.5 Å². The lowest BCUT2D eigenvalue weighted by Gasteiger charge is -2.20. The van der Waals surface area contributed by atoms with Crippen LogP contribution in [0.2, 0.25) is 5.02 Å². The number of benzene rings is 2. The van der Waals surface area contributed by atoms with Crippen LogP contribution >= 0.6 is 11.6 Å². The molecule has 0 saturated carbocycles. The largest absolute Gasteiger partial charge is 0.497 e. The molecular formula is C20H19ClO6. The van der Waals surface area contributed by atoms with Gasteiger partial charge in [-0.2, -0.15) is 0 Å². The quantitative estimate of drug-likeness (QED) is 0.551. The Hall–Kier alpha value is -2.86. The highest BCUT2D eigenvalue weighted by atomic mass is 35.5. The molecule has 1 aliphatic heterocycles. The Morgan fingerprint density at radius 2 is 1.78 bits per heavy atom. The first-order valence-electron chi connectivity index (χ1n) is 8.25. The minimum atomic E-state index is -0.484. The molecular weight excluding hydrogens is 372 g/mol. The zero-order chi connectivity index (χ0) is 19.2. The molecule has 27 heavy (non-hydrogen) atoms. The summed E-state index contributed by atoms with van der Waals surface area (Å²) in [5, 5.41) is 0.428. The normalized spacial score (nSPS) is 12.7. The fraction of sp³-hybridized carbons (Fsp3) is 0.250. The number of methoxy groups -OCH3 is 2. The maximum Gasteiger partial charge on any atom is 0.331 e. The predicted octanol–water partition coefficient (Wildman–Crippen LogP) is 3.89. The van der Waals surface area contributed by atoms with Crippen LogP contribution in [0.15, 0.2) is 36.4 Å². The van der Waals surface area contributed by atoms with Crippen molar-refractivity contribution >= 4 is 23.6 Å². The van der Waals surface area contributed by atoms with E-state index in [4.69, 9.17) is 35.3 Å². The lowest BCUT2D eigenvalue weighted by atomic mass is 10.2. The van der Waals surface area contributed by atoms with Gasteiger partial charge in [0.1, 0.15) is 31.3 Å². The molecule has 0 bridgehead atoms. The molecule has 0 saturated heterocycles. The molecule has 0 radical (unpaired) electrons. The topological polar surface area (TPSA) is 63.2 Å². The number of rotatable bonds is 6. The summed E-state index contributed by atoms with van der Waals surface area (Å²) in [6.07, 6.45) is 2.97. The van der Waals surface area contributed by atoms with Crippen molar-refractivity contribution in [1.29, 1.82) is 0 Å². The summed E-state index contributed by atoms with van der Waals surface area (Å²) in [4.78, 5) is 12.0. The molecule has 0 amide bonds. The Labute approximate surface area is 162 Å². The number of carbonyl (C=O) groups is 1. The van der Waals surface area contributed by atoms with Gasteiger partial charge >= 0.3 is 5.97 Å². The van der Waals surface area contributed by atoms with Crippen LogP contribution in [0.5, 0.6) is 23.0 Å². The van der Waals surface area contributed by atoms with E-state index in [9.17, 15) is 4.79 Å². The Kier molecular flexibility index (Phi) is 6.08. The highest BCUT2D eigenvalue weighted by molar-refractivity contribution is 6.32. The summed E-state index contributed by atoms with van der Waals surface area (Å²) in [5.74, 6) is 1.85. The zero-order valence-corrected chi connectivity index (χ0v) is 15.7. The second-order valence-corrected chi connectivity index (χ2v) is 6.10. The van der Waals surface area contributed by atoms with E-state index in [1.165, 1.54) is 6.08 Å². The molecule has 0 N–H and O–H groups in total. The van der Waals surface area contributed by atoms with E-state index in [-0.39, 0.29) is 6.61 Å². The van der Waals surface area contributed by atoms with Crippen LogP contribution in [0.3, 0.4) is 0 Å². The highest BCUT2D eigenvalue weighted by Gasteiger charge is 2.17. The van der Waals surface area contributed by atoms with E-state index in [1.807, 2.05) is 0 Å². The third-order valence-corrected chi connectivity index (χ3v) is 4.10. The first-order valence-corrected chi connectivity index (χ1v) is 8.63. The summed E-state index contributed by atoms with van der Waals surface area (Å²) < 4.78 is 26.6. The van der Waals surface area contributed by atoms with E-state index < -0.39 is 5.97 Å². The van der Waals surface area contributed by atoms with Crippen molar-refractivity contribution in [3.63, 3.8) is 0 Å². The first kappa shape index (κ1) is 18.9. The highest BCUT2D eigenvalue weighted by Crippen LogP contribution is 2.38. The van der Waals surface area contributed by atoms with Crippen LogP contribution in [-0.2, 0) is 16.1 Å². The summed E-state index contributed by atoms with van der Waals surface area (Å²) in [5.41, 5.74) is 1.47. The van der Waals surface area contributed by atoms with Crippen molar-refractivity contribution in [2.45, 2.75) is 6.61 Å². The zero-order valence-electron chi connectivity index (χ0n) is 15.0. The number of hydrogen-bond acceptors (Lipinski definition) is 6. The lowest BCUT2D eigenvalue weighted by molar-refractivity contribution is -0.138. The fourth-order valence-electron chi connectivity index (χ4n) is 2.54. The summed E-state index contributed by atoms with van der Waals surface area (Å²) in [7, 11) is 3.13. The predicted molar refractivity (Wildman–Crippen MR) is 101 cm³/mol. The molecule has 0 atom stereocenters. The van der Waals surface area contributed by atoms with Crippen molar-refractivity contribution in [3.05, 3.63) is 52.6 Å². The molecule has 3 rings (SSSR count). The van der Waals surface area contributed by atoms with Crippen molar-refractivity contribution in [2.24, 2.45) is 0 Å². The second kappa shape index (κ2) is 8.68. The fourth-order valence-corrected chi connectivity index (χ4v) is 2.83. The van der Waals surface area contributed by atoms with Crippen LogP contribution in [-0.4, -0.2) is 33.4 Å². The molecule has 0 fully saturated rings. The van der Waals surface area contributed by atoms with Gasteiger partial charge in [0.2, 0.25) is 0 Å². The minimum Gasteiger partial charge on any atom is -0.497 e. The molecule has 0 spiro atoms. The number of fused-ring (bicyclic) bond motifs is 1. The van der Waals surface area contributed by atoms with E-state index in [2.05, 4.69) is 0 Å². The molecule has 1 heterocycles. The summed E-state index contributed by atoms with van der Waals surface area (Å²) in [6.45, 7) is 0.987. The first-order chi connectivity index (χ1) is 13.1. The van der Waals surface area contributed by atoms with Gasteiger partial charge in [0, 0.05) is 12.1 Å². The van der Waals surface area contributed by atoms with Gasteiger partial charge in [-0.1, -0.05) is 11.6 Å². The van der Waals surface area contributed by atoms with Crippen LogP contribution in [0.1, 0.15) is 11.1 Å². The van der Waals surface area contributed by atoms with Crippen molar-refractivity contribution in [3.8, 4) is 23.0 Å². The maximum atomic E-state index is 12.0. The molecule has 6 nitrogen and oxygen atoms in total. The molecule has 0 aliphatic carbocycles. The Morgan fingerprint density at radius 1 is 1.07 bits per heavy atom. The monoisotopic (exact) mass is 390 g/mol. The van der Waals surface area contributed by atoms with Crippen molar-refractivity contribution < 1.29 is 28.5 Å². The summed E-state index contributed by atoms with van der Waals surface area (Å²) >= 11 is 6.18. The van der Waals surface area contributed by atoms with E-state index >= 15 is 0 Å². The Bertz CT molecular complexity index is 840. The molecule has 0 unspecified atom stereocenters. The van der Waals surface area contributed by atoms with Gasteiger partial charge in [-0.25, -0.2) is 4.79 Å². The molecule has 7 heteroatoms. The molecule has 2 aromatic carbocycles. The van der Waals surface area contributed by atoms with Crippen LogP contribution in [0.4, 0.5) is 0 Å².